The van der Waals surface area contributed by atoms with Crippen LogP contribution in [0.25, 0.3) is 33.4 Å². The van der Waals surface area contributed by atoms with Gasteiger partial charge in [-0.2, -0.15) is 0 Å². The highest BCUT2D eigenvalue weighted by Crippen LogP contribution is 2.46. The molecule has 0 unspecified atom stereocenters. The summed E-state index contributed by atoms with van der Waals surface area (Å²) in [6.45, 7) is 0. The molecule has 0 bridgehead atoms. The monoisotopic (exact) mass is 384 g/mol. The highest BCUT2D eigenvalue weighted by molar-refractivity contribution is 7.36. The standard InChI is InChI=1S/C24H17O3P/c25-28(26)27-22-17-16-21(18-10-4-1-5-11-18)23(19-12-6-2-7-13-19)24(22)20-14-8-3-9-15-20/h1-17H/q-2. The molecule has 0 heterocycles. The molecule has 4 aromatic rings. The van der Waals surface area contributed by atoms with E-state index in [0.29, 0.717) is 5.75 Å². The van der Waals surface area contributed by atoms with Crippen molar-refractivity contribution in [3.05, 3.63) is 103 Å². The Bertz CT molecular complexity index is 1050. The van der Waals surface area contributed by atoms with Crippen molar-refractivity contribution >= 4 is 8.60 Å². The molecule has 4 heteroatoms. The van der Waals surface area contributed by atoms with Crippen molar-refractivity contribution in [3.63, 3.8) is 0 Å². The minimum absolute atomic E-state index is 0.320. The van der Waals surface area contributed by atoms with Gasteiger partial charge in [0, 0.05) is 11.1 Å². The first-order chi connectivity index (χ1) is 13.7. The Hall–Kier alpha value is -2.97. The van der Waals surface area contributed by atoms with Crippen LogP contribution in [0.15, 0.2) is 103 Å². The van der Waals surface area contributed by atoms with Crippen LogP contribution in [0.5, 0.6) is 5.75 Å². The van der Waals surface area contributed by atoms with Gasteiger partial charge in [-0.3, -0.25) is 0 Å². The van der Waals surface area contributed by atoms with Crippen molar-refractivity contribution in [1.82, 2.24) is 0 Å². The van der Waals surface area contributed by atoms with E-state index in [9.17, 15) is 9.79 Å². The van der Waals surface area contributed by atoms with E-state index >= 15 is 0 Å². The second kappa shape index (κ2) is 8.37. The largest absolute Gasteiger partial charge is 0.810 e. The molecular formula is C24H17O3P-2. The summed E-state index contributed by atoms with van der Waals surface area (Å²) in [4.78, 5) is 22.7. The maximum Gasteiger partial charge on any atom is 0.128 e. The van der Waals surface area contributed by atoms with E-state index in [2.05, 4.69) is 0 Å². The first kappa shape index (κ1) is 18.4. The third-order valence-electron chi connectivity index (χ3n) is 4.55. The van der Waals surface area contributed by atoms with Crippen molar-refractivity contribution < 1.29 is 14.3 Å². The van der Waals surface area contributed by atoms with Crippen LogP contribution < -0.4 is 14.3 Å². The molecule has 0 N–H and O–H groups in total. The van der Waals surface area contributed by atoms with E-state index in [1.807, 2.05) is 97.1 Å². The topological polar surface area (TPSA) is 55.3 Å². The molecular weight excluding hydrogens is 367 g/mol. The molecule has 4 aromatic carbocycles. The van der Waals surface area contributed by atoms with E-state index in [0.717, 1.165) is 33.4 Å². The van der Waals surface area contributed by atoms with Gasteiger partial charge in [0.15, 0.2) is 0 Å². The zero-order valence-electron chi connectivity index (χ0n) is 15.0. The van der Waals surface area contributed by atoms with E-state index in [-0.39, 0.29) is 0 Å². The quantitative estimate of drug-likeness (QED) is 0.454. The lowest BCUT2D eigenvalue weighted by Gasteiger charge is -2.31. The van der Waals surface area contributed by atoms with Gasteiger partial charge >= 0.3 is 0 Å². The predicted octanol–water partition coefficient (Wildman–Crippen LogP) is 5.01. The number of hydrogen-bond donors (Lipinski definition) is 0. The Balaban J connectivity index is 2.07. The Morgan fingerprint density at radius 2 is 0.964 bits per heavy atom. The SMILES string of the molecule is [O-]P([O-])Oc1ccc(-c2ccccc2)c(-c2ccccc2)c1-c1ccccc1. The van der Waals surface area contributed by atoms with Gasteiger partial charge in [-0.15, -0.1) is 0 Å². The summed E-state index contributed by atoms with van der Waals surface area (Å²) in [7, 11) is -3.03. The zero-order valence-corrected chi connectivity index (χ0v) is 15.9. The molecule has 0 fully saturated rings. The fourth-order valence-corrected chi connectivity index (χ4v) is 3.71. The van der Waals surface area contributed by atoms with E-state index in [4.69, 9.17) is 4.52 Å². The molecule has 0 saturated heterocycles. The summed E-state index contributed by atoms with van der Waals surface area (Å²) in [5, 5.41) is 0. The van der Waals surface area contributed by atoms with Crippen molar-refractivity contribution in [2.75, 3.05) is 0 Å². The molecule has 0 aromatic heterocycles. The fraction of sp³-hybridized carbons (Fsp3) is 0. The van der Waals surface area contributed by atoms with Crippen molar-refractivity contribution in [2.45, 2.75) is 0 Å². The number of hydrogen-bond acceptors (Lipinski definition) is 3. The lowest BCUT2D eigenvalue weighted by molar-refractivity contribution is -0.310. The molecule has 0 radical (unpaired) electrons. The predicted molar refractivity (Wildman–Crippen MR) is 110 cm³/mol. The Kier molecular flexibility index (Phi) is 5.50. The van der Waals surface area contributed by atoms with Gasteiger partial charge in [0.1, 0.15) is 5.75 Å². The highest BCUT2D eigenvalue weighted by atomic mass is 31.2. The Morgan fingerprint density at radius 3 is 1.46 bits per heavy atom. The first-order valence-corrected chi connectivity index (χ1v) is 9.99. The van der Waals surface area contributed by atoms with Gasteiger partial charge in [0.05, 0.1) is 0 Å². The molecule has 138 valence electrons. The fourth-order valence-electron chi connectivity index (χ4n) is 3.39. The summed E-state index contributed by atoms with van der Waals surface area (Å²) in [5.74, 6) is 0.320. The van der Waals surface area contributed by atoms with Crippen LogP contribution in [0.1, 0.15) is 0 Å². The second-order valence-corrected chi connectivity index (χ2v) is 6.90. The molecule has 4 rings (SSSR count). The normalized spacial score (nSPS) is 10.8. The minimum atomic E-state index is -3.03. The van der Waals surface area contributed by atoms with Crippen molar-refractivity contribution in [3.8, 4) is 39.1 Å². The van der Waals surface area contributed by atoms with Crippen LogP contribution in [0.2, 0.25) is 0 Å². The molecule has 0 saturated carbocycles. The van der Waals surface area contributed by atoms with Gasteiger partial charge in [-0.25, -0.2) is 0 Å². The average molecular weight is 384 g/mol. The number of rotatable bonds is 5. The van der Waals surface area contributed by atoms with E-state index in [1.54, 1.807) is 6.07 Å². The summed E-state index contributed by atoms with van der Waals surface area (Å²) in [5.41, 5.74) is 5.65. The van der Waals surface area contributed by atoms with Gasteiger partial charge < -0.3 is 14.3 Å². The molecule has 0 spiro atoms. The van der Waals surface area contributed by atoms with E-state index in [1.165, 1.54) is 0 Å². The molecule has 0 aliphatic heterocycles. The molecule has 28 heavy (non-hydrogen) atoms. The first-order valence-electron chi connectivity index (χ1n) is 8.89. The van der Waals surface area contributed by atoms with Crippen molar-refractivity contribution in [2.24, 2.45) is 0 Å². The minimum Gasteiger partial charge on any atom is -0.810 e. The third kappa shape index (κ3) is 3.83. The van der Waals surface area contributed by atoms with Gasteiger partial charge in [0.2, 0.25) is 0 Å². The number of benzene rings is 4. The third-order valence-corrected chi connectivity index (χ3v) is 4.90. The molecule has 0 aliphatic carbocycles. The smallest absolute Gasteiger partial charge is 0.128 e. The van der Waals surface area contributed by atoms with Crippen LogP contribution in [-0.2, 0) is 0 Å². The van der Waals surface area contributed by atoms with Gasteiger partial charge in [-0.1, -0.05) is 106 Å². The van der Waals surface area contributed by atoms with Crippen LogP contribution in [0, 0.1) is 0 Å². The van der Waals surface area contributed by atoms with Crippen molar-refractivity contribution in [1.29, 1.82) is 0 Å². The van der Waals surface area contributed by atoms with Crippen LogP contribution in [-0.4, -0.2) is 0 Å². The van der Waals surface area contributed by atoms with Crippen LogP contribution in [0.3, 0.4) is 0 Å². The summed E-state index contributed by atoms with van der Waals surface area (Å²) in [6.07, 6.45) is 0. The lowest BCUT2D eigenvalue weighted by Crippen LogP contribution is -2.13. The summed E-state index contributed by atoms with van der Waals surface area (Å²) < 4.78 is 5.21. The molecule has 0 atom stereocenters. The molecule has 3 nitrogen and oxygen atoms in total. The lowest BCUT2D eigenvalue weighted by atomic mass is 9.87. The summed E-state index contributed by atoms with van der Waals surface area (Å²) >= 11 is 0. The molecule has 0 amide bonds. The molecule has 0 aliphatic rings. The van der Waals surface area contributed by atoms with Gasteiger partial charge in [-0.05, 0) is 28.3 Å². The van der Waals surface area contributed by atoms with Crippen LogP contribution >= 0.6 is 8.60 Å². The van der Waals surface area contributed by atoms with Gasteiger partial charge in [0.25, 0.3) is 0 Å². The Labute approximate surface area is 165 Å². The summed E-state index contributed by atoms with van der Waals surface area (Å²) in [6, 6.07) is 33.4. The van der Waals surface area contributed by atoms with Crippen LogP contribution in [0.4, 0.5) is 0 Å². The Morgan fingerprint density at radius 1 is 0.500 bits per heavy atom. The average Bonchev–Trinajstić information content (AvgIpc) is 2.75. The highest BCUT2D eigenvalue weighted by Gasteiger charge is 2.18. The second-order valence-electron chi connectivity index (χ2n) is 6.27. The zero-order chi connectivity index (χ0) is 19.3. The maximum atomic E-state index is 11.4. The maximum absolute atomic E-state index is 11.4. The van der Waals surface area contributed by atoms with E-state index < -0.39 is 8.60 Å².